The average Bonchev–Trinajstić information content (AvgIpc) is 2.98. The molecule has 1 aliphatic rings. The molecule has 5 heteroatoms. The first-order valence-electron chi connectivity index (χ1n) is 7.71. The topological polar surface area (TPSA) is 60.0 Å². The third-order valence-corrected chi connectivity index (χ3v) is 4.31. The molecule has 1 aromatic heterocycles. The number of piperidine rings is 1. The minimum atomic E-state index is 0.353. The summed E-state index contributed by atoms with van der Waals surface area (Å²) in [7, 11) is 0. The van der Waals surface area contributed by atoms with E-state index in [0.717, 1.165) is 43.9 Å². The van der Waals surface area contributed by atoms with Crippen molar-refractivity contribution in [1.82, 2.24) is 19.9 Å². The zero-order chi connectivity index (χ0) is 14.7. The van der Waals surface area contributed by atoms with E-state index in [1.165, 1.54) is 0 Å². The van der Waals surface area contributed by atoms with E-state index in [2.05, 4.69) is 22.0 Å². The van der Waals surface area contributed by atoms with Crippen molar-refractivity contribution in [2.45, 2.75) is 32.4 Å². The van der Waals surface area contributed by atoms with E-state index in [9.17, 15) is 0 Å². The highest BCUT2D eigenvalue weighted by atomic mass is 15.5. The molecule has 2 atom stereocenters. The Morgan fingerprint density at radius 1 is 1.29 bits per heavy atom. The lowest BCUT2D eigenvalue weighted by atomic mass is 9.91. The molecule has 5 nitrogen and oxygen atoms in total. The Morgan fingerprint density at radius 3 is 2.86 bits per heavy atom. The number of aromatic nitrogens is 3. The third kappa shape index (κ3) is 3.31. The third-order valence-electron chi connectivity index (χ3n) is 4.31. The molecule has 112 valence electrons. The Balaban J connectivity index is 1.65. The molecule has 3 rings (SSSR count). The average molecular weight is 285 g/mol. The summed E-state index contributed by atoms with van der Waals surface area (Å²) in [5.74, 6) is 0.600. The summed E-state index contributed by atoms with van der Waals surface area (Å²) in [5, 5.41) is 8.94. The van der Waals surface area contributed by atoms with Gasteiger partial charge in [0.15, 0.2) is 0 Å². The number of hydrogen-bond donors (Lipinski definition) is 1. The van der Waals surface area contributed by atoms with Gasteiger partial charge in [-0.05, 0) is 24.5 Å². The monoisotopic (exact) mass is 285 g/mol. The molecule has 0 amide bonds. The lowest BCUT2D eigenvalue weighted by Gasteiger charge is -2.36. The van der Waals surface area contributed by atoms with Crippen molar-refractivity contribution in [2.75, 3.05) is 13.1 Å². The molecule has 0 radical (unpaired) electrons. The quantitative estimate of drug-likeness (QED) is 0.931. The molecular formula is C16H23N5. The van der Waals surface area contributed by atoms with Crippen LogP contribution in [0.25, 0.3) is 5.69 Å². The van der Waals surface area contributed by atoms with Crippen molar-refractivity contribution >= 4 is 0 Å². The van der Waals surface area contributed by atoms with Crippen LogP contribution in [0.5, 0.6) is 0 Å². The van der Waals surface area contributed by atoms with Gasteiger partial charge in [-0.1, -0.05) is 31.5 Å². The van der Waals surface area contributed by atoms with E-state index in [0.29, 0.717) is 12.0 Å². The van der Waals surface area contributed by atoms with E-state index in [1.54, 1.807) is 4.80 Å². The van der Waals surface area contributed by atoms with E-state index in [1.807, 2.05) is 36.5 Å². The van der Waals surface area contributed by atoms with Gasteiger partial charge in [-0.25, -0.2) is 0 Å². The molecule has 1 aromatic carbocycles. The van der Waals surface area contributed by atoms with Crippen molar-refractivity contribution in [3.8, 4) is 5.69 Å². The summed E-state index contributed by atoms with van der Waals surface area (Å²) in [5.41, 5.74) is 8.18. The fourth-order valence-corrected chi connectivity index (χ4v) is 2.98. The molecule has 1 aliphatic heterocycles. The van der Waals surface area contributed by atoms with Crippen molar-refractivity contribution in [3.05, 3.63) is 42.2 Å². The van der Waals surface area contributed by atoms with Crippen LogP contribution in [0.3, 0.4) is 0 Å². The maximum atomic E-state index is 6.17. The van der Waals surface area contributed by atoms with Gasteiger partial charge in [0.05, 0.1) is 17.6 Å². The fraction of sp³-hybridized carbons (Fsp3) is 0.500. The van der Waals surface area contributed by atoms with Crippen molar-refractivity contribution in [1.29, 1.82) is 0 Å². The smallest absolute Gasteiger partial charge is 0.0971 e. The lowest BCUT2D eigenvalue weighted by molar-refractivity contribution is 0.144. The molecule has 0 saturated carbocycles. The maximum Gasteiger partial charge on any atom is 0.0971 e. The summed E-state index contributed by atoms with van der Waals surface area (Å²) >= 11 is 0. The molecule has 2 unspecified atom stereocenters. The number of para-hydroxylation sites is 1. The van der Waals surface area contributed by atoms with E-state index >= 15 is 0 Å². The first-order chi connectivity index (χ1) is 10.3. The highest BCUT2D eigenvalue weighted by Gasteiger charge is 2.25. The second kappa shape index (κ2) is 6.37. The Morgan fingerprint density at radius 2 is 2.10 bits per heavy atom. The Kier molecular flexibility index (Phi) is 4.31. The van der Waals surface area contributed by atoms with Crippen LogP contribution in [-0.2, 0) is 6.54 Å². The minimum absolute atomic E-state index is 0.353. The standard InChI is InChI=1S/C16H23N5/c1-2-13-11-20(9-8-16(13)17)12-14-10-18-21(19-14)15-6-4-3-5-7-15/h3-7,10,13,16H,2,8-9,11-12,17H2,1H3. The highest BCUT2D eigenvalue weighted by molar-refractivity contribution is 5.28. The number of hydrogen-bond acceptors (Lipinski definition) is 4. The summed E-state index contributed by atoms with van der Waals surface area (Å²) in [6, 6.07) is 10.4. The van der Waals surface area contributed by atoms with Crippen molar-refractivity contribution in [3.63, 3.8) is 0 Å². The van der Waals surface area contributed by atoms with Crippen molar-refractivity contribution < 1.29 is 0 Å². The molecule has 2 heterocycles. The number of nitrogens with zero attached hydrogens (tertiary/aromatic N) is 4. The zero-order valence-corrected chi connectivity index (χ0v) is 12.5. The first-order valence-corrected chi connectivity index (χ1v) is 7.71. The Labute approximate surface area is 125 Å². The van der Waals surface area contributed by atoms with Crippen LogP contribution in [0.2, 0.25) is 0 Å². The van der Waals surface area contributed by atoms with Gasteiger partial charge in [0.2, 0.25) is 0 Å². The summed E-state index contributed by atoms with van der Waals surface area (Å²) < 4.78 is 0. The lowest BCUT2D eigenvalue weighted by Crippen LogP contribution is -2.46. The van der Waals surface area contributed by atoms with Crippen LogP contribution in [-0.4, -0.2) is 39.0 Å². The number of rotatable bonds is 4. The van der Waals surface area contributed by atoms with Crippen LogP contribution in [0.15, 0.2) is 36.5 Å². The van der Waals surface area contributed by atoms with Gasteiger partial charge < -0.3 is 5.73 Å². The first kappa shape index (κ1) is 14.2. The van der Waals surface area contributed by atoms with Gasteiger partial charge in [0.25, 0.3) is 0 Å². The molecule has 1 saturated heterocycles. The number of benzene rings is 1. The number of likely N-dealkylation sites (tertiary alicyclic amines) is 1. The molecule has 2 N–H and O–H groups in total. The van der Waals surface area contributed by atoms with E-state index in [-0.39, 0.29) is 0 Å². The van der Waals surface area contributed by atoms with Gasteiger partial charge in [-0.15, -0.1) is 0 Å². The minimum Gasteiger partial charge on any atom is -0.327 e. The van der Waals surface area contributed by atoms with Crippen molar-refractivity contribution in [2.24, 2.45) is 11.7 Å². The largest absolute Gasteiger partial charge is 0.327 e. The molecule has 0 aliphatic carbocycles. The van der Waals surface area contributed by atoms with Crippen LogP contribution in [0.4, 0.5) is 0 Å². The predicted molar refractivity (Wildman–Crippen MR) is 83.0 cm³/mol. The van der Waals surface area contributed by atoms with Gasteiger partial charge >= 0.3 is 0 Å². The summed E-state index contributed by atoms with van der Waals surface area (Å²) in [4.78, 5) is 4.14. The molecule has 2 aromatic rings. The molecule has 0 spiro atoms. The molecule has 1 fully saturated rings. The molecule has 0 bridgehead atoms. The van der Waals surface area contributed by atoms with Crippen LogP contribution in [0, 0.1) is 5.92 Å². The van der Waals surface area contributed by atoms with Gasteiger partial charge in [0.1, 0.15) is 0 Å². The van der Waals surface area contributed by atoms with Crippen LogP contribution < -0.4 is 5.73 Å². The zero-order valence-electron chi connectivity index (χ0n) is 12.5. The summed E-state index contributed by atoms with van der Waals surface area (Å²) in [6.07, 6.45) is 4.09. The Bertz CT molecular complexity index is 565. The second-order valence-corrected chi connectivity index (χ2v) is 5.82. The second-order valence-electron chi connectivity index (χ2n) is 5.82. The number of nitrogens with two attached hydrogens (primary N) is 1. The SMILES string of the molecule is CCC1CN(Cc2cnn(-c3ccccc3)n2)CCC1N. The van der Waals surface area contributed by atoms with Crippen LogP contribution >= 0.6 is 0 Å². The van der Waals surface area contributed by atoms with Gasteiger partial charge in [-0.2, -0.15) is 15.0 Å². The van der Waals surface area contributed by atoms with E-state index in [4.69, 9.17) is 5.73 Å². The molecule has 21 heavy (non-hydrogen) atoms. The summed E-state index contributed by atoms with van der Waals surface area (Å²) in [6.45, 7) is 5.20. The Hall–Kier alpha value is -1.72. The van der Waals surface area contributed by atoms with Gasteiger partial charge in [-0.3, -0.25) is 4.90 Å². The maximum absolute atomic E-state index is 6.17. The molecular weight excluding hydrogens is 262 g/mol. The van der Waals surface area contributed by atoms with Crippen LogP contribution in [0.1, 0.15) is 25.5 Å². The fourth-order valence-electron chi connectivity index (χ4n) is 2.98. The van der Waals surface area contributed by atoms with E-state index < -0.39 is 0 Å². The highest BCUT2D eigenvalue weighted by Crippen LogP contribution is 2.19. The normalized spacial score (nSPS) is 23.3. The predicted octanol–water partition coefficient (Wildman–Crippen LogP) is 1.83. The van der Waals surface area contributed by atoms with Gasteiger partial charge in [0, 0.05) is 25.7 Å².